The molecule has 0 amide bonds. The Morgan fingerprint density at radius 3 is 2.74 bits per heavy atom. The van der Waals surface area contributed by atoms with Crippen molar-refractivity contribution in [3.8, 4) is 11.4 Å². The summed E-state index contributed by atoms with van der Waals surface area (Å²) in [6.45, 7) is 0. The zero-order valence-electron chi connectivity index (χ0n) is 10.4. The van der Waals surface area contributed by atoms with Crippen molar-refractivity contribution in [2.45, 2.75) is 0 Å². The summed E-state index contributed by atoms with van der Waals surface area (Å²) in [7, 11) is 1.65. The van der Waals surface area contributed by atoms with Crippen LogP contribution in [0.2, 0.25) is 0 Å². The first-order valence-corrected chi connectivity index (χ1v) is 6.01. The van der Waals surface area contributed by atoms with E-state index in [9.17, 15) is 0 Å². The molecule has 19 heavy (non-hydrogen) atoms. The number of aromatic nitrogens is 1. The Bertz CT molecular complexity index is 589. The molecule has 3 N–H and O–H groups in total. The van der Waals surface area contributed by atoms with Crippen molar-refractivity contribution >= 4 is 23.5 Å². The molecule has 0 fully saturated rings. The van der Waals surface area contributed by atoms with E-state index in [1.54, 1.807) is 13.3 Å². The number of nitrogens with two attached hydrogens (primary N) is 1. The van der Waals surface area contributed by atoms with Gasteiger partial charge < -0.3 is 15.0 Å². The highest BCUT2D eigenvalue weighted by Crippen LogP contribution is 2.15. The number of ether oxygens (including phenoxy) is 1. The fourth-order valence-electron chi connectivity index (χ4n) is 1.57. The second-order valence-electron chi connectivity index (χ2n) is 3.78. The van der Waals surface area contributed by atoms with E-state index in [-0.39, 0.29) is 5.11 Å². The molecule has 0 bridgehead atoms. The fourth-order valence-corrected chi connectivity index (χ4v) is 1.63. The standard InChI is InChI=1S/C13H14N4OS/c1-18-12-4-2-11(3-5-12)17-7-6-10(9-17)8-15-16-13(14)19/h2-9H,1H3,(H3,14,16,19)/b15-8-. The van der Waals surface area contributed by atoms with Gasteiger partial charge in [0.05, 0.1) is 13.3 Å². The first-order chi connectivity index (χ1) is 9.19. The van der Waals surface area contributed by atoms with Gasteiger partial charge in [0.15, 0.2) is 5.11 Å². The van der Waals surface area contributed by atoms with E-state index in [0.717, 1.165) is 17.0 Å². The summed E-state index contributed by atoms with van der Waals surface area (Å²) in [5, 5.41) is 4.05. The first kappa shape index (κ1) is 13.1. The fraction of sp³-hybridized carbons (Fsp3) is 0.0769. The van der Waals surface area contributed by atoms with Crippen LogP contribution in [0.25, 0.3) is 5.69 Å². The lowest BCUT2D eigenvalue weighted by Crippen LogP contribution is -2.23. The Hall–Kier alpha value is -2.34. The minimum Gasteiger partial charge on any atom is -0.497 e. The average molecular weight is 274 g/mol. The van der Waals surface area contributed by atoms with Crippen molar-refractivity contribution in [2.24, 2.45) is 10.8 Å². The molecule has 0 spiro atoms. The number of hydrogen-bond acceptors (Lipinski definition) is 3. The summed E-state index contributed by atoms with van der Waals surface area (Å²) in [5.41, 5.74) is 9.77. The molecule has 1 aromatic heterocycles. The lowest BCUT2D eigenvalue weighted by molar-refractivity contribution is 0.415. The maximum atomic E-state index is 5.27. The summed E-state index contributed by atoms with van der Waals surface area (Å²) in [6, 6.07) is 9.73. The molecular weight excluding hydrogens is 260 g/mol. The minimum absolute atomic E-state index is 0.144. The second kappa shape index (κ2) is 6.01. The third-order valence-corrected chi connectivity index (χ3v) is 2.57. The number of rotatable bonds is 4. The van der Waals surface area contributed by atoms with Crippen molar-refractivity contribution in [1.29, 1.82) is 0 Å². The van der Waals surface area contributed by atoms with Gasteiger partial charge in [0, 0.05) is 23.6 Å². The van der Waals surface area contributed by atoms with Gasteiger partial charge >= 0.3 is 0 Å². The Morgan fingerprint density at radius 2 is 2.11 bits per heavy atom. The Morgan fingerprint density at radius 1 is 1.37 bits per heavy atom. The molecule has 98 valence electrons. The van der Waals surface area contributed by atoms with Gasteiger partial charge in [0.2, 0.25) is 0 Å². The average Bonchev–Trinajstić information content (AvgIpc) is 2.87. The number of methoxy groups -OCH3 is 1. The third kappa shape index (κ3) is 3.56. The van der Waals surface area contributed by atoms with Gasteiger partial charge in [-0.2, -0.15) is 5.10 Å². The monoisotopic (exact) mass is 274 g/mol. The number of hydrogen-bond donors (Lipinski definition) is 2. The van der Waals surface area contributed by atoms with E-state index < -0.39 is 0 Å². The number of benzene rings is 1. The molecule has 0 radical (unpaired) electrons. The summed E-state index contributed by atoms with van der Waals surface area (Å²) in [5.74, 6) is 0.832. The Labute approximate surface area is 116 Å². The van der Waals surface area contributed by atoms with Crippen molar-refractivity contribution < 1.29 is 4.74 Å². The van der Waals surface area contributed by atoms with E-state index in [4.69, 9.17) is 10.5 Å². The van der Waals surface area contributed by atoms with Crippen LogP contribution in [0.3, 0.4) is 0 Å². The lowest BCUT2D eigenvalue weighted by atomic mass is 10.3. The molecule has 0 saturated carbocycles. The molecule has 0 unspecified atom stereocenters. The predicted molar refractivity (Wildman–Crippen MR) is 79.8 cm³/mol. The summed E-state index contributed by atoms with van der Waals surface area (Å²) in [6.07, 6.45) is 5.55. The number of thiocarbonyl (C=S) groups is 1. The van der Waals surface area contributed by atoms with Gasteiger partial charge in [-0.3, -0.25) is 5.43 Å². The molecule has 1 heterocycles. The molecule has 1 aromatic carbocycles. The largest absolute Gasteiger partial charge is 0.497 e. The van der Waals surface area contributed by atoms with Crippen LogP contribution in [-0.2, 0) is 0 Å². The highest BCUT2D eigenvalue weighted by molar-refractivity contribution is 7.80. The topological polar surface area (TPSA) is 64.6 Å². The van der Waals surface area contributed by atoms with Gasteiger partial charge in [0.1, 0.15) is 5.75 Å². The molecule has 5 nitrogen and oxygen atoms in total. The number of nitrogens with zero attached hydrogens (tertiary/aromatic N) is 2. The molecule has 0 aliphatic rings. The van der Waals surface area contributed by atoms with Crippen molar-refractivity contribution in [3.63, 3.8) is 0 Å². The normalized spacial score (nSPS) is 10.6. The lowest BCUT2D eigenvalue weighted by Gasteiger charge is -2.04. The van der Waals surface area contributed by atoms with Crippen LogP contribution in [0.1, 0.15) is 5.56 Å². The van der Waals surface area contributed by atoms with Crippen molar-refractivity contribution in [2.75, 3.05) is 7.11 Å². The van der Waals surface area contributed by atoms with Crippen LogP contribution in [-0.4, -0.2) is 23.0 Å². The van der Waals surface area contributed by atoms with Crippen LogP contribution < -0.4 is 15.9 Å². The van der Waals surface area contributed by atoms with E-state index in [1.807, 2.05) is 47.3 Å². The van der Waals surface area contributed by atoms with Gasteiger partial charge in [-0.25, -0.2) is 0 Å². The van der Waals surface area contributed by atoms with E-state index in [2.05, 4.69) is 22.7 Å². The third-order valence-electron chi connectivity index (χ3n) is 2.47. The second-order valence-corrected chi connectivity index (χ2v) is 4.22. The predicted octanol–water partition coefficient (Wildman–Crippen LogP) is 1.65. The summed E-state index contributed by atoms with van der Waals surface area (Å²) in [4.78, 5) is 0. The van der Waals surface area contributed by atoms with Gasteiger partial charge in [-0.1, -0.05) is 0 Å². The smallest absolute Gasteiger partial charge is 0.184 e. The van der Waals surface area contributed by atoms with Crippen LogP contribution in [0.4, 0.5) is 0 Å². The molecule has 6 heteroatoms. The van der Waals surface area contributed by atoms with E-state index >= 15 is 0 Å². The van der Waals surface area contributed by atoms with Crippen LogP contribution in [0.5, 0.6) is 5.75 Å². The molecule has 0 aliphatic carbocycles. The van der Waals surface area contributed by atoms with Gasteiger partial charge in [0.25, 0.3) is 0 Å². The first-order valence-electron chi connectivity index (χ1n) is 5.60. The Balaban J connectivity index is 2.11. The highest BCUT2D eigenvalue weighted by atomic mass is 32.1. The summed E-state index contributed by atoms with van der Waals surface area (Å²) >= 11 is 4.65. The maximum Gasteiger partial charge on any atom is 0.184 e. The number of hydrazone groups is 1. The summed E-state index contributed by atoms with van der Waals surface area (Å²) < 4.78 is 7.11. The molecular formula is C13H14N4OS. The Kier molecular flexibility index (Phi) is 4.15. The molecule has 0 atom stereocenters. The zero-order valence-corrected chi connectivity index (χ0v) is 11.2. The molecule has 0 aliphatic heterocycles. The minimum atomic E-state index is 0.144. The van der Waals surface area contributed by atoms with Crippen molar-refractivity contribution in [3.05, 3.63) is 48.3 Å². The van der Waals surface area contributed by atoms with Crippen molar-refractivity contribution in [1.82, 2.24) is 9.99 Å². The molecule has 2 rings (SSSR count). The van der Waals surface area contributed by atoms with Crippen LogP contribution in [0.15, 0.2) is 47.8 Å². The van der Waals surface area contributed by atoms with E-state index in [0.29, 0.717) is 0 Å². The van der Waals surface area contributed by atoms with Crippen LogP contribution >= 0.6 is 12.2 Å². The number of nitrogens with one attached hydrogen (secondary N) is 1. The molecule has 2 aromatic rings. The highest BCUT2D eigenvalue weighted by Gasteiger charge is 1.98. The zero-order chi connectivity index (χ0) is 13.7. The maximum absolute atomic E-state index is 5.27. The SMILES string of the molecule is COc1ccc(-n2ccc(/C=N\NC(N)=S)c2)cc1. The van der Waals surface area contributed by atoms with Gasteiger partial charge in [-0.15, -0.1) is 0 Å². The van der Waals surface area contributed by atoms with Crippen LogP contribution in [0, 0.1) is 0 Å². The van der Waals surface area contributed by atoms with E-state index in [1.165, 1.54) is 0 Å². The van der Waals surface area contributed by atoms with Gasteiger partial charge in [-0.05, 0) is 42.5 Å². The molecule has 0 saturated heterocycles. The quantitative estimate of drug-likeness (QED) is 0.505.